The van der Waals surface area contributed by atoms with Crippen molar-refractivity contribution in [2.45, 2.75) is 0 Å². The van der Waals surface area contributed by atoms with E-state index in [1.54, 1.807) is 11.3 Å². The Kier molecular flexibility index (Phi) is 5.71. The van der Waals surface area contributed by atoms with Crippen LogP contribution >= 0.6 is 11.3 Å². The van der Waals surface area contributed by atoms with Gasteiger partial charge in [-0.05, 0) is 85.9 Å². The van der Waals surface area contributed by atoms with Crippen LogP contribution in [0.2, 0.25) is 0 Å². The van der Waals surface area contributed by atoms with Gasteiger partial charge in [-0.15, -0.1) is 11.3 Å². The first kappa shape index (κ1) is 25.0. The van der Waals surface area contributed by atoms with Crippen LogP contribution in [-0.2, 0) is 0 Å². The van der Waals surface area contributed by atoms with E-state index in [-0.39, 0.29) is 0 Å². The number of nitrogens with zero attached hydrogens (tertiary/aromatic N) is 2. The Morgan fingerprint density at radius 3 is 1.86 bits per heavy atom. The highest BCUT2D eigenvalue weighted by Gasteiger charge is 2.17. The smallest absolute Gasteiger partial charge is 0.139 e. The lowest BCUT2D eigenvalue weighted by molar-refractivity contribution is 1.22. The van der Waals surface area contributed by atoms with Crippen molar-refractivity contribution in [1.29, 1.82) is 0 Å². The number of hydrogen-bond acceptors (Lipinski definition) is 3. The second kappa shape index (κ2) is 10.0. The molecule has 2 aromatic heterocycles. The Morgan fingerprint density at radius 1 is 0.409 bits per heavy atom. The van der Waals surface area contributed by atoms with Crippen molar-refractivity contribution in [3.05, 3.63) is 158 Å². The molecule has 2 heterocycles. The van der Waals surface area contributed by atoms with Gasteiger partial charge in [0.1, 0.15) is 10.6 Å². The predicted molar refractivity (Wildman–Crippen MR) is 190 cm³/mol. The molecule has 0 radical (unpaired) electrons. The van der Waals surface area contributed by atoms with Gasteiger partial charge >= 0.3 is 0 Å². The maximum atomic E-state index is 5.27. The van der Waals surface area contributed by atoms with Crippen LogP contribution < -0.4 is 4.90 Å². The number of pyridine rings is 1. The van der Waals surface area contributed by atoms with Crippen LogP contribution in [0.25, 0.3) is 63.7 Å². The van der Waals surface area contributed by atoms with E-state index in [2.05, 4.69) is 163 Å². The number of anilines is 3. The predicted octanol–water partition coefficient (Wildman–Crippen LogP) is 12.0. The molecule has 9 rings (SSSR count). The minimum Gasteiger partial charge on any atom is -0.295 e. The number of rotatable bonds is 4. The van der Waals surface area contributed by atoms with Gasteiger partial charge in [-0.25, -0.2) is 4.98 Å². The number of fused-ring (bicyclic) bond motifs is 8. The van der Waals surface area contributed by atoms with E-state index in [9.17, 15) is 0 Å². The lowest BCUT2D eigenvalue weighted by Crippen LogP contribution is -2.11. The van der Waals surface area contributed by atoms with Gasteiger partial charge in [0.25, 0.3) is 0 Å². The lowest BCUT2D eigenvalue weighted by atomic mass is 9.96. The molecular weight excluding hydrogens is 553 g/mol. The molecule has 0 spiro atoms. The summed E-state index contributed by atoms with van der Waals surface area (Å²) < 4.78 is 1.26. The van der Waals surface area contributed by atoms with E-state index in [0.29, 0.717) is 0 Å². The monoisotopic (exact) mass is 578 g/mol. The van der Waals surface area contributed by atoms with Crippen LogP contribution in [0.4, 0.5) is 17.2 Å². The quantitative estimate of drug-likeness (QED) is 0.193. The van der Waals surface area contributed by atoms with Gasteiger partial charge in [0.15, 0.2) is 0 Å². The molecule has 0 unspecified atom stereocenters. The van der Waals surface area contributed by atoms with Gasteiger partial charge in [0.2, 0.25) is 0 Å². The third kappa shape index (κ3) is 4.05. The molecule has 3 heteroatoms. The zero-order chi connectivity index (χ0) is 29.0. The van der Waals surface area contributed by atoms with Crippen LogP contribution in [-0.4, -0.2) is 4.98 Å². The van der Waals surface area contributed by atoms with Gasteiger partial charge < -0.3 is 0 Å². The maximum absolute atomic E-state index is 5.27. The van der Waals surface area contributed by atoms with Crippen molar-refractivity contribution in [3.8, 4) is 11.1 Å². The summed E-state index contributed by atoms with van der Waals surface area (Å²) in [4.78, 5) is 8.61. The molecule has 0 fully saturated rings. The van der Waals surface area contributed by atoms with E-state index in [0.717, 1.165) is 22.0 Å². The Bertz CT molecular complexity index is 2490. The molecule has 44 heavy (non-hydrogen) atoms. The molecule has 0 saturated carbocycles. The number of thiophene rings is 1. The second-order valence-corrected chi connectivity index (χ2v) is 12.3. The van der Waals surface area contributed by atoms with Crippen molar-refractivity contribution in [3.63, 3.8) is 0 Å². The molecule has 0 saturated heterocycles. The molecule has 0 bridgehead atoms. The molecule has 206 valence electrons. The molecule has 9 aromatic rings. The van der Waals surface area contributed by atoms with Crippen molar-refractivity contribution < 1.29 is 0 Å². The van der Waals surface area contributed by atoms with Crippen LogP contribution in [0.15, 0.2) is 158 Å². The molecule has 0 N–H and O–H groups in total. The Balaban J connectivity index is 1.25. The summed E-state index contributed by atoms with van der Waals surface area (Å²) in [6.07, 6.45) is 0. The van der Waals surface area contributed by atoms with Gasteiger partial charge in [-0.3, -0.25) is 4.90 Å². The minimum atomic E-state index is 0.904. The zero-order valence-corrected chi connectivity index (χ0v) is 24.6. The van der Waals surface area contributed by atoms with Crippen molar-refractivity contribution in [2.24, 2.45) is 0 Å². The Labute approximate surface area is 259 Å². The van der Waals surface area contributed by atoms with Crippen molar-refractivity contribution in [2.75, 3.05) is 4.90 Å². The third-order valence-corrected chi connectivity index (χ3v) is 9.76. The maximum Gasteiger partial charge on any atom is 0.139 e. The third-order valence-electron chi connectivity index (χ3n) is 8.68. The van der Waals surface area contributed by atoms with Crippen LogP contribution in [0, 0.1) is 0 Å². The van der Waals surface area contributed by atoms with Gasteiger partial charge in [-0.1, -0.05) is 115 Å². The molecule has 0 aliphatic carbocycles. The fourth-order valence-corrected chi connectivity index (χ4v) is 7.58. The van der Waals surface area contributed by atoms with Crippen LogP contribution in [0.3, 0.4) is 0 Å². The molecular formula is C41H26N2S. The summed E-state index contributed by atoms with van der Waals surface area (Å²) in [6.45, 7) is 0. The number of benzene rings is 7. The van der Waals surface area contributed by atoms with E-state index in [1.165, 1.54) is 58.9 Å². The largest absolute Gasteiger partial charge is 0.295 e. The second-order valence-electron chi connectivity index (χ2n) is 11.2. The van der Waals surface area contributed by atoms with Crippen molar-refractivity contribution in [1.82, 2.24) is 4.98 Å². The standard InChI is InChI=1S/C41H26N2S/c1-2-8-27(9-3-1)28-14-19-31(20-15-28)43(40-25-24-37-36-12-6-7-13-39(36)44-41(37)42-40)32-21-16-30-18-22-34-33-11-5-4-10-29(33)17-23-35(34)38(30)26-32/h1-26H. The highest BCUT2D eigenvalue weighted by molar-refractivity contribution is 7.25. The zero-order valence-electron chi connectivity index (χ0n) is 23.8. The Hall–Kier alpha value is -5.51. The summed E-state index contributed by atoms with van der Waals surface area (Å²) in [5.41, 5.74) is 4.56. The molecule has 0 aliphatic rings. The van der Waals surface area contributed by atoms with E-state index in [4.69, 9.17) is 4.98 Å². The first-order valence-electron chi connectivity index (χ1n) is 14.9. The van der Waals surface area contributed by atoms with Crippen molar-refractivity contribution >= 4 is 81.1 Å². The van der Waals surface area contributed by atoms with Gasteiger partial charge in [-0.2, -0.15) is 0 Å². The highest BCUT2D eigenvalue weighted by Crippen LogP contribution is 2.41. The van der Waals surface area contributed by atoms with E-state index in [1.807, 2.05) is 0 Å². The Morgan fingerprint density at radius 2 is 1.02 bits per heavy atom. The molecule has 7 aromatic carbocycles. The first-order chi connectivity index (χ1) is 21.8. The summed E-state index contributed by atoms with van der Waals surface area (Å²) in [6, 6.07) is 56.8. The summed E-state index contributed by atoms with van der Waals surface area (Å²) in [5, 5.41) is 9.99. The summed E-state index contributed by atoms with van der Waals surface area (Å²) in [5.74, 6) is 0.904. The molecule has 0 atom stereocenters. The summed E-state index contributed by atoms with van der Waals surface area (Å²) in [7, 11) is 0. The number of aromatic nitrogens is 1. The molecule has 0 amide bonds. The normalized spacial score (nSPS) is 11.6. The average molecular weight is 579 g/mol. The van der Waals surface area contributed by atoms with Crippen LogP contribution in [0.5, 0.6) is 0 Å². The number of hydrogen-bond donors (Lipinski definition) is 0. The SMILES string of the molecule is c1ccc(-c2ccc(N(c3ccc4ccc5c6ccccc6ccc5c4c3)c3ccc4c(n3)sc3ccccc34)cc2)cc1. The van der Waals surface area contributed by atoms with Crippen LogP contribution in [0.1, 0.15) is 0 Å². The van der Waals surface area contributed by atoms with E-state index < -0.39 is 0 Å². The molecule has 2 nitrogen and oxygen atoms in total. The minimum absolute atomic E-state index is 0.904. The average Bonchev–Trinajstić information content (AvgIpc) is 3.47. The topological polar surface area (TPSA) is 16.1 Å². The highest BCUT2D eigenvalue weighted by atomic mass is 32.1. The summed E-state index contributed by atoms with van der Waals surface area (Å²) >= 11 is 1.75. The first-order valence-corrected chi connectivity index (χ1v) is 15.7. The fraction of sp³-hybridized carbons (Fsp3) is 0. The molecule has 0 aliphatic heterocycles. The lowest BCUT2D eigenvalue weighted by Gasteiger charge is -2.25. The van der Waals surface area contributed by atoms with Gasteiger partial charge in [0.05, 0.1) is 0 Å². The van der Waals surface area contributed by atoms with Gasteiger partial charge in [0, 0.05) is 26.8 Å². The van der Waals surface area contributed by atoms with E-state index >= 15 is 0 Å². The fourth-order valence-electron chi connectivity index (χ4n) is 6.51.